The summed E-state index contributed by atoms with van der Waals surface area (Å²) in [7, 11) is 0. The van der Waals surface area contributed by atoms with Gasteiger partial charge < -0.3 is 15.2 Å². The predicted octanol–water partition coefficient (Wildman–Crippen LogP) is 1.40. The highest BCUT2D eigenvalue weighted by molar-refractivity contribution is 5.80. The number of carbonyl (C=O) groups is 1. The molecule has 1 amide bonds. The van der Waals surface area contributed by atoms with Crippen LogP contribution in [0.5, 0.6) is 0 Å². The molecule has 0 aromatic heterocycles. The Morgan fingerprint density at radius 3 is 2.74 bits per heavy atom. The Hall–Kier alpha value is -1.39. The fraction of sp³-hybridized carbons (Fsp3) is 0.533. The van der Waals surface area contributed by atoms with E-state index in [9.17, 15) is 9.90 Å². The molecule has 2 heterocycles. The number of benzene rings is 1. The molecular formula is C15H19NO3. The fourth-order valence-corrected chi connectivity index (χ4v) is 3.11. The number of aliphatic hydroxyl groups is 1. The number of amides is 1. The van der Waals surface area contributed by atoms with E-state index in [1.165, 1.54) is 0 Å². The summed E-state index contributed by atoms with van der Waals surface area (Å²) in [4.78, 5) is 12.3. The van der Waals surface area contributed by atoms with E-state index in [4.69, 9.17) is 4.74 Å². The van der Waals surface area contributed by atoms with Gasteiger partial charge in [0.1, 0.15) is 0 Å². The molecule has 3 rings (SSSR count). The van der Waals surface area contributed by atoms with Crippen LogP contribution < -0.4 is 5.32 Å². The van der Waals surface area contributed by atoms with Crippen molar-refractivity contribution in [2.24, 2.45) is 5.92 Å². The number of rotatable bonds is 4. The normalized spacial score (nSPS) is 30.3. The molecule has 2 N–H and O–H groups in total. The SMILES string of the molecule is O=C(NC(CO)c1ccccc1)C1CC2CCC1O2. The van der Waals surface area contributed by atoms with Crippen LogP contribution in [-0.4, -0.2) is 29.8 Å². The number of carbonyl (C=O) groups excluding carboxylic acids is 1. The minimum atomic E-state index is -0.326. The van der Waals surface area contributed by atoms with Crippen molar-refractivity contribution in [2.45, 2.75) is 37.5 Å². The lowest BCUT2D eigenvalue weighted by Gasteiger charge is -2.22. The first-order valence-electron chi connectivity index (χ1n) is 6.89. The zero-order valence-electron chi connectivity index (χ0n) is 10.8. The quantitative estimate of drug-likeness (QED) is 0.861. The molecule has 4 unspecified atom stereocenters. The van der Waals surface area contributed by atoms with Crippen LogP contribution in [0.15, 0.2) is 30.3 Å². The molecule has 2 bridgehead atoms. The van der Waals surface area contributed by atoms with E-state index in [1.54, 1.807) is 0 Å². The van der Waals surface area contributed by atoms with Gasteiger partial charge in [-0.1, -0.05) is 30.3 Å². The van der Waals surface area contributed by atoms with E-state index >= 15 is 0 Å². The summed E-state index contributed by atoms with van der Waals surface area (Å²) in [5.74, 6) is -0.0355. The summed E-state index contributed by atoms with van der Waals surface area (Å²) in [5.41, 5.74) is 0.933. The number of nitrogens with one attached hydrogen (secondary N) is 1. The highest BCUT2D eigenvalue weighted by Crippen LogP contribution is 2.39. The molecule has 102 valence electrons. The predicted molar refractivity (Wildman–Crippen MR) is 70.4 cm³/mol. The smallest absolute Gasteiger partial charge is 0.226 e. The molecule has 19 heavy (non-hydrogen) atoms. The molecule has 0 spiro atoms. The Balaban J connectivity index is 1.65. The van der Waals surface area contributed by atoms with Crippen LogP contribution in [0.2, 0.25) is 0 Å². The lowest BCUT2D eigenvalue weighted by Crippen LogP contribution is -2.39. The molecule has 0 radical (unpaired) electrons. The van der Waals surface area contributed by atoms with Gasteiger partial charge in [0.25, 0.3) is 0 Å². The van der Waals surface area contributed by atoms with Crippen LogP contribution >= 0.6 is 0 Å². The molecule has 2 fully saturated rings. The standard InChI is InChI=1S/C15H19NO3/c17-9-13(10-4-2-1-3-5-10)16-15(18)12-8-11-6-7-14(12)19-11/h1-5,11-14,17H,6-9H2,(H,16,18). The van der Waals surface area contributed by atoms with Crippen molar-refractivity contribution in [1.29, 1.82) is 0 Å². The van der Waals surface area contributed by atoms with Gasteiger partial charge in [0, 0.05) is 0 Å². The summed E-state index contributed by atoms with van der Waals surface area (Å²) in [6, 6.07) is 9.24. The first-order chi connectivity index (χ1) is 9.28. The van der Waals surface area contributed by atoms with E-state index in [-0.39, 0.29) is 36.7 Å². The second-order valence-electron chi connectivity index (χ2n) is 5.37. The maximum atomic E-state index is 12.3. The van der Waals surface area contributed by atoms with Crippen LogP contribution in [0.3, 0.4) is 0 Å². The molecule has 0 saturated carbocycles. The van der Waals surface area contributed by atoms with Crippen molar-refractivity contribution in [3.05, 3.63) is 35.9 Å². The molecule has 2 aliphatic heterocycles. The first-order valence-corrected chi connectivity index (χ1v) is 6.89. The summed E-state index contributed by atoms with van der Waals surface area (Å²) in [6.07, 6.45) is 3.24. The van der Waals surface area contributed by atoms with Gasteiger partial charge >= 0.3 is 0 Å². The van der Waals surface area contributed by atoms with Crippen molar-refractivity contribution in [2.75, 3.05) is 6.61 Å². The van der Waals surface area contributed by atoms with E-state index in [0.29, 0.717) is 0 Å². The van der Waals surface area contributed by atoms with Gasteiger partial charge in [0.15, 0.2) is 0 Å². The van der Waals surface area contributed by atoms with Crippen molar-refractivity contribution in [3.8, 4) is 0 Å². The highest BCUT2D eigenvalue weighted by Gasteiger charge is 2.44. The zero-order chi connectivity index (χ0) is 13.2. The van der Waals surface area contributed by atoms with Crippen molar-refractivity contribution < 1.29 is 14.6 Å². The van der Waals surface area contributed by atoms with Crippen LogP contribution in [0, 0.1) is 5.92 Å². The molecule has 1 aromatic rings. The molecule has 4 heteroatoms. The molecule has 4 nitrogen and oxygen atoms in total. The third kappa shape index (κ3) is 2.51. The van der Waals surface area contributed by atoms with Crippen molar-refractivity contribution in [1.82, 2.24) is 5.32 Å². The van der Waals surface area contributed by atoms with E-state index in [2.05, 4.69) is 5.32 Å². The number of hydrogen-bond acceptors (Lipinski definition) is 3. The fourth-order valence-electron chi connectivity index (χ4n) is 3.11. The van der Waals surface area contributed by atoms with Crippen LogP contribution in [-0.2, 0) is 9.53 Å². The van der Waals surface area contributed by atoms with Gasteiger partial charge in [-0.05, 0) is 24.8 Å². The van der Waals surface area contributed by atoms with Gasteiger partial charge in [-0.2, -0.15) is 0 Å². The molecule has 4 atom stereocenters. The molecule has 2 aliphatic rings. The second kappa shape index (κ2) is 5.31. The van der Waals surface area contributed by atoms with Gasteiger partial charge in [-0.3, -0.25) is 4.79 Å². The summed E-state index contributed by atoms with van der Waals surface area (Å²) < 4.78 is 5.70. The Kier molecular flexibility index (Phi) is 3.53. The summed E-state index contributed by atoms with van der Waals surface area (Å²) in [5, 5.41) is 12.4. The minimum Gasteiger partial charge on any atom is -0.394 e. The molecular weight excluding hydrogens is 242 g/mol. The zero-order valence-corrected chi connectivity index (χ0v) is 10.8. The summed E-state index contributed by atoms with van der Waals surface area (Å²) >= 11 is 0. The first kappa shape index (κ1) is 12.6. The number of fused-ring (bicyclic) bond motifs is 2. The van der Waals surface area contributed by atoms with E-state index in [0.717, 1.165) is 24.8 Å². The average molecular weight is 261 g/mol. The average Bonchev–Trinajstić information content (AvgIpc) is 3.08. The second-order valence-corrected chi connectivity index (χ2v) is 5.37. The van der Waals surface area contributed by atoms with Gasteiger partial charge in [0.05, 0.1) is 30.8 Å². The van der Waals surface area contributed by atoms with E-state index < -0.39 is 0 Å². The monoisotopic (exact) mass is 261 g/mol. The lowest BCUT2D eigenvalue weighted by atomic mass is 9.88. The number of aliphatic hydroxyl groups excluding tert-OH is 1. The Morgan fingerprint density at radius 1 is 1.37 bits per heavy atom. The van der Waals surface area contributed by atoms with E-state index in [1.807, 2.05) is 30.3 Å². The summed E-state index contributed by atoms with van der Waals surface area (Å²) in [6.45, 7) is -0.0859. The Bertz CT molecular complexity index is 448. The van der Waals surface area contributed by atoms with Crippen LogP contribution in [0.4, 0.5) is 0 Å². The van der Waals surface area contributed by atoms with Gasteiger partial charge in [0.2, 0.25) is 5.91 Å². The number of ether oxygens (including phenoxy) is 1. The Morgan fingerprint density at radius 2 is 2.16 bits per heavy atom. The largest absolute Gasteiger partial charge is 0.394 e. The maximum absolute atomic E-state index is 12.3. The molecule has 0 aliphatic carbocycles. The van der Waals surface area contributed by atoms with Crippen LogP contribution in [0.1, 0.15) is 30.9 Å². The Labute approximate surface area is 112 Å². The highest BCUT2D eigenvalue weighted by atomic mass is 16.5. The third-order valence-electron chi connectivity index (χ3n) is 4.14. The molecule has 2 saturated heterocycles. The topological polar surface area (TPSA) is 58.6 Å². The van der Waals surface area contributed by atoms with Crippen molar-refractivity contribution >= 4 is 5.91 Å². The van der Waals surface area contributed by atoms with Gasteiger partial charge in [-0.25, -0.2) is 0 Å². The van der Waals surface area contributed by atoms with Crippen molar-refractivity contribution in [3.63, 3.8) is 0 Å². The van der Waals surface area contributed by atoms with Crippen LogP contribution in [0.25, 0.3) is 0 Å². The molecule has 1 aromatic carbocycles. The van der Waals surface area contributed by atoms with Gasteiger partial charge in [-0.15, -0.1) is 0 Å². The third-order valence-corrected chi connectivity index (χ3v) is 4.14. The number of hydrogen-bond donors (Lipinski definition) is 2. The maximum Gasteiger partial charge on any atom is 0.226 e. The minimum absolute atomic E-state index is 0.00935. The lowest BCUT2D eigenvalue weighted by molar-refractivity contribution is -0.127.